The number of thiophene rings is 1. The maximum Gasteiger partial charge on any atom is 0.243 e. The fraction of sp³-hybridized carbons (Fsp3) is 0.444. The van der Waals surface area contributed by atoms with Gasteiger partial charge in [0, 0.05) is 21.7 Å². The molecule has 0 aliphatic heterocycles. The van der Waals surface area contributed by atoms with E-state index in [9.17, 15) is 22.3 Å². The Hall–Kier alpha value is -1.35. The molecule has 3 rings (SSSR count). The molecule has 0 radical (unpaired) electrons. The number of rotatable bonds is 6. The van der Waals surface area contributed by atoms with Crippen LogP contribution >= 0.6 is 11.3 Å². The summed E-state index contributed by atoms with van der Waals surface area (Å²) >= 11 is 1.47. The highest BCUT2D eigenvalue weighted by atomic mass is 32.2. The number of aliphatic hydroxyl groups excluding tert-OH is 1. The summed E-state index contributed by atoms with van der Waals surface area (Å²) in [4.78, 5) is 1.15. The number of hydrogen-bond donors (Lipinski definition) is 2. The molecule has 1 aromatic carbocycles. The van der Waals surface area contributed by atoms with Crippen LogP contribution in [0.15, 0.2) is 35.2 Å². The van der Waals surface area contributed by atoms with Gasteiger partial charge in [-0.3, -0.25) is 0 Å². The first-order valence-corrected chi connectivity index (χ1v) is 10.8. The molecule has 0 amide bonds. The molecule has 1 aliphatic carbocycles. The predicted octanol–water partition coefficient (Wildman–Crippen LogP) is 3.87. The number of benzene rings is 1. The van der Waals surface area contributed by atoms with E-state index >= 15 is 0 Å². The fourth-order valence-electron chi connectivity index (χ4n) is 3.42. The number of aliphatic hydroxyl groups is 1. The number of sulfonamides is 1. The molecule has 1 unspecified atom stereocenters. The van der Waals surface area contributed by atoms with Crippen LogP contribution < -0.4 is 4.72 Å². The van der Waals surface area contributed by atoms with Crippen molar-refractivity contribution in [2.75, 3.05) is 6.54 Å². The van der Waals surface area contributed by atoms with Gasteiger partial charge in [0.05, 0.1) is 6.10 Å². The summed E-state index contributed by atoms with van der Waals surface area (Å²) in [6.45, 7) is 1.80. The lowest BCUT2D eigenvalue weighted by Crippen LogP contribution is -2.38. The van der Waals surface area contributed by atoms with E-state index in [1.807, 2.05) is 12.1 Å². The molecule has 2 N–H and O–H groups in total. The molecule has 1 aromatic heterocycles. The van der Waals surface area contributed by atoms with E-state index in [4.69, 9.17) is 0 Å². The van der Waals surface area contributed by atoms with E-state index in [0.717, 1.165) is 47.6 Å². The van der Waals surface area contributed by atoms with Gasteiger partial charge in [-0.05, 0) is 50.1 Å². The summed E-state index contributed by atoms with van der Waals surface area (Å²) < 4.78 is 54.7. The monoisotopic (exact) mass is 401 g/mol. The van der Waals surface area contributed by atoms with Gasteiger partial charge in [-0.1, -0.05) is 12.8 Å². The first-order chi connectivity index (χ1) is 12.2. The molecular weight excluding hydrogens is 380 g/mol. The molecule has 0 bridgehead atoms. The van der Waals surface area contributed by atoms with Crippen molar-refractivity contribution in [3.05, 3.63) is 51.7 Å². The summed E-state index contributed by atoms with van der Waals surface area (Å²) in [5.74, 6) is -1.78. The maximum atomic E-state index is 13.9. The highest BCUT2D eigenvalue weighted by Gasteiger charge is 2.38. The van der Waals surface area contributed by atoms with Crippen molar-refractivity contribution < 1.29 is 22.3 Å². The van der Waals surface area contributed by atoms with E-state index < -0.39 is 32.7 Å². The summed E-state index contributed by atoms with van der Waals surface area (Å²) in [5, 5.41) is 9.75. The van der Waals surface area contributed by atoms with Crippen molar-refractivity contribution in [2.24, 2.45) is 0 Å². The average Bonchev–Trinajstić information content (AvgIpc) is 3.25. The van der Waals surface area contributed by atoms with Crippen molar-refractivity contribution in [1.29, 1.82) is 0 Å². The number of nitrogens with one attached hydrogen (secondary N) is 1. The van der Waals surface area contributed by atoms with E-state index in [2.05, 4.69) is 4.72 Å². The molecule has 1 atom stereocenters. The van der Waals surface area contributed by atoms with Gasteiger partial charge >= 0.3 is 0 Å². The van der Waals surface area contributed by atoms with Gasteiger partial charge in [0.25, 0.3) is 0 Å². The van der Waals surface area contributed by atoms with E-state index in [0.29, 0.717) is 6.07 Å². The third-order valence-electron chi connectivity index (χ3n) is 4.91. The molecule has 4 nitrogen and oxygen atoms in total. The minimum Gasteiger partial charge on any atom is -0.388 e. The molecule has 8 heteroatoms. The summed E-state index contributed by atoms with van der Waals surface area (Å²) in [6.07, 6.45) is 2.97. The molecule has 1 heterocycles. The van der Waals surface area contributed by atoms with Gasteiger partial charge < -0.3 is 5.11 Å². The minimum absolute atomic E-state index is 0.116. The van der Waals surface area contributed by atoms with Crippen LogP contribution in [-0.4, -0.2) is 20.1 Å². The molecular formula is C18H21F2NO3S2. The number of halogens is 2. The van der Waals surface area contributed by atoms with Crippen molar-refractivity contribution in [3.8, 4) is 0 Å². The Labute approximate surface area is 155 Å². The molecule has 1 saturated carbocycles. The van der Waals surface area contributed by atoms with Gasteiger partial charge in [-0.2, -0.15) is 0 Å². The van der Waals surface area contributed by atoms with Crippen LogP contribution in [0.3, 0.4) is 0 Å². The average molecular weight is 402 g/mol. The lowest BCUT2D eigenvalue weighted by atomic mass is 9.85. The van der Waals surface area contributed by atoms with Crippen LogP contribution in [0.4, 0.5) is 8.78 Å². The van der Waals surface area contributed by atoms with Gasteiger partial charge in [-0.15, -0.1) is 11.3 Å². The normalized spacial score (nSPS) is 18.2. The molecule has 1 aliphatic rings. The second-order valence-corrected chi connectivity index (χ2v) is 9.62. The highest BCUT2D eigenvalue weighted by Crippen LogP contribution is 2.44. The van der Waals surface area contributed by atoms with Crippen LogP contribution in [0.2, 0.25) is 0 Å². The molecule has 1 fully saturated rings. The predicted molar refractivity (Wildman–Crippen MR) is 96.6 cm³/mol. The van der Waals surface area contributed by atoms with E-state index in [1.54, 1.807) is 6.92 Å². The first-order valence-electron chi connectivity index (χ1n) is 8.46. The third kappa shape index (κ3) is 3.83. The molecule has 0 saturated heterocycles. The van der Waals surface area contributed by atoms with Crippen molar-refractivity contribution in [2.45, 2.75) is 49.0 Å². The Morgan fingerprint density at radius 1 is 1.23 bits per heavy atom. The molecule has 0 spiro atoms. The molecule has 26 heavy (non-hydrogen) atoms. The lowest BCUT2D eigenvalue weighted by Gasteiger charge is -2.28. The zero-order chi connectivity index (χ0) is 18.9. The van der Waals surface area contributed by atoms with Gasteiger partial charge in [0.15, 0.2) is 0 Å². The topological polar surface area (TPSA) is 66.4 Å². The van der Waals surface area contributed by atoms with Crippen LogP contribution in [0.25, 0.3) is 0 Å². The Bertz CT molecular complexity index is 888. The Morgan fingerprint density at radius 3 is 2.54 bits per heavy atom. The second-order valence-electron chi connectivity index (χ2n) is 6.76. The summed E-state index contributed by atoms with van der Waals surface area (Å²) in [5.41, 5.74) is -0.380. The summed E-state index contributed by atoms with van der Waals surface area (Å²) in [7, 11) is -4.17. The first kappa shape index (κ1) is 19.4. The van der Waals surface area contributed by atoms with Crippen LogP contribution in [0.5, 0.6) is 0 Å². The lowest BCUT2D eigenvalue weighted by molar-refractivity contribution is 0.203. The van der Waals surface area contributed by atoms with Gasteiger partial charge in [0.2, 0.25) is 10.0 Å². The fourth-order valence-corrected chi connectivity index (χ4v) is 5.82. The van der Waals surface area contributed by atoms with Crippen LogP contribution in [0.1, 0.15) is 48.5 Å². The van der Waals surface area contributed by atoms with Crippen molar-refractivity contribution >= 4 is 21.4 Å². The Morgan fingerprint density at radius 2 is 1.92 bits per heavy atom. The zero-order valence-electron chi connectivity index (χ0n) is 14.3. The maximum absolute atomic E-state index is 13.9. The Balaban J connectivity index is 1.85. The molecule has 2 aromatic rings. The third-order valence-corrected chi connectivity index (χ3v) is 7.82. The Kier molecular flexibility index (Phi) is 5.48. The van der Waals surface area contributed by atoms with E-state index in [1.165, 1.54) is 11.3 Å². The quantitative estimate of drug-likeness (QED) is 0.772. The SMILES string of the molecule is CC(O)c1ccc(C2(CNS(=O)(=O)c3cc(F)ccc3F)CCCC2)s1. The van der Waals surface area contributed by atoms with Gasteiger partial charge in [0.1, 0.15) is 16.5 Å². The second kappa shape index (κ2) is 7.34. The van der Waals surface area contributed by atoms with Crippen molar-refractivity contribution in [3.63, 3.8) is 0 Å². The largest absolute Gasteiger partial charge is 0.388 e. The summed E-state index contributed by atoms with van der Waals surface area (Å²) in [6, 6.07) is 6.16. The smallest absolute Gasteiger partial charge is 0.243 e. The standard InChI is InChI=1S/C18H21F2NO3S2/c1-12(22)15-6-7-17(25-15)18(8-2-3-9-18)11-21-26(23,24)16-10-13(19)4-5-14(16)20/h4-7,10,12,21-22H,2-3,8-9,11H2,1H3. The van der Waals surface area contributed by atoms with Gasteiger partial charge in [-0.25, -0.2) is 21.9 Å². The van der Waals surface area contributed by atoms with Crippen molar-refractivity contribution in [1.82, 2.24) is 4.72 Å². The number of hydrogen-bond acceptors (Lipinski definition) is 4. The minimum atomic E-state index is -4.17. The van der Waals surface area contributed by atoms with Crippen LogP contribution in [-0.2, 0) is 15.4 Å². The van der Waals surface area contributed by atoms with Crippen LogP contribution in [0, 0.1) is 11.6 Å². The van der Waals surface area contributed by atoms with E-state index in [-0.39, 0.29) is 12.0 Å². The molecule has 142 valence electrons. The zero-order valence-corrected chi connectivity index (χ0v) is 16.0. The highest BCUT2D eigenvalue weighted by molar-refractivity contribution is 7.89.